The topological polar surface area (TPSA) is 66.5 Å². The normalized spacial score (nSPS) is 11.4. The molecule has 6 heteroatoms. The lowest BCUT2D eigenvalue weighted by molar-refractivity contribution is 1.31. The van der Waals surface area contributed by atoms with Gasteiger partial charge in [-0.25, -0.2) is 4.98 Å². The standard InChI is InChI=1S/C19H12ClN5/c20-11-1-3-12(4-2-11)23-18-15-9-21-7-5-13(15)17-14-6-8-22-10-16(14)24-19(17)25-18/h1-10H,(H2,23,24,25). The van der Waals surface area contributed by atoms with Gasteiger partial charge in [0.1, 0.15) is 11.5 Å². The van der Waals surface area contributed by atoms with Crippen LogP contribution in [0.5, 0.6) is 0 Å². The zero-order valence-corrected chi connectivity index (χ0v) is 13.7. The van der Waals surface area contributed by atoms with Gasteiger partial charge < -0.3 is 10.3 Å². The highest BCUT2D eigenvalue weighted by Crippen LogP contribution is 2.34. The number of fused-ring (bicyclic) bond motifs is 5. The van der Waals surface area contributed by atoms with Crippen LogP contribution < -0.4 is 5.32 Å². The molecule has 0 aliphatic carbocycles. The molecule has 5 rings (SSSR count). The fraction of sp³-hybridized carbons (Fsp3) is 0. The first-order chi connectivity index (χ1) is 12.3. The molecule has 4 heterocycles. The highest BCUT2D eigenvalue weighted by Gasteiger charge is 2.13. The molecule has 0 fully saturated rings. The summed E-state index contributed by atoms with van der Waals surface area (Å²) in [5.74, 6) is 0.748. The van der Waals surface area contributed by atoms with Gasteiger partial charge in [0.05, 0.1) is 11.7 Å². The number of hydrogen-bond acceptors (Lipinski definition) is 4. The van der Waals surface area contributed by atoms with E-state index in [0.29, 0.717) is 5.02 Å². The van der Waals surface area contributed by atoms with Crippen molar-refractivity contribution in [3.05, 3.63) is 66.2 Å². The van der Waals surface area contributed by atoms with Crippen molar-refractivity contribution in [2.75, 3.05) is 5.32 Å². The molecule has 0 aliphatic rings. The average Bonchev–Trinajstić information content (AvgIpc) is 3.02. The molecule has 0 aliphatic heterocycles. The minimum Gasteiger partial charge on any atom is -0.340 e. The predicted octanol–water partition coefficient (Wildman–Crippen LogP) is 5.06. The number of pyridine rings is 3. The first-order valence-electron chi connectivity index (χ1n) is 7.81. The van der Waals surface area contributed by atoms with Gasteiger partial charge in [-0.05, 0) is 36.4 Å². The Hall–Kier alpha value is -3.18. The molecule has 0 spiro atoms. The fourth-order valence-corrected chi connectivity index (χ4v) is 3.25. The van der Waals surface area contributed by atoms with Gasteiger partial charge in [-0.3, -0.25) is 9.97 Å². The van der Waals surface area contributed by atoms with Crippen LogP contribution >= 0.6 is 11.6 Å². The quantitative estimate of drug-likeness (QED) is 0.469. The first-order valence-corrected chi connectivity index (χ1v) is 8.19. The molecular weight excluding hydrogens is 334 g/mol. The zero-order chi connectivity index (χ0) is 16.8. The lowest BCUT2D eigenvalue weighted by Gasteiger charge is -2.10. The summed E-state index contributed by atoms with van der Waals surface area (Å²) in [5, 5.41) is 8.30. The second-order valence-corrected chi connectivity index (χ2v) is 6.22. The molecule has 5 nitrogen and oxygen atoms in total. The van der Waals surface area contributed by atoms with Crippen molar-refractivity contribution in [3.63, 3.8) is 0 Å². The Morgan fingerprint density at radius 2 is 1.60 bits per heavy atom. The molecule has 0 bridgehead atoms. The molecule has 4 aromatic heterocycles. The molecular formula is C19H12ClN5. The molecule has 25 heavy (non-hydrogen) atoms. The van der Waals surface area contributed by atoms with Crippen LogP contribution in [0.2, 0.25) is 5.02 Å². The summed E-state index contributed by atoms with van der Waals surface area (Å²) in [7, 11) is 0. The van der Waals surface area contributed by atoms with Gasteiger partial charge in [0, 0.05) is 50.8 Å². The van der Waals surface area contributed by atoms with Crippen LogP contribution in [0.1, 0.15) is 0 Å². The van der Waals surface area contributed by atoms with E-state index >= 15 is 0 Å². The smallest absolute Gasteiger partial charge is 0.142 e. The Morgan fingerprint density at radius 1 is 0.840 bits per heavy atom. The Balaban J connectivity index is 1.80. The van der Waals surface area contributed by atoms with E-state index in [2.05, 4.69) is 20.3 Å². The molecule has 0 saturated carbocycles. The fourth-order valence-electron chi connectivity index (χ4n) is 3.12. The van der Waals surface area contributed by atoms with Crippen molar-refractivity contribution in [3.8, 4) is 0 Å². The maximum Gasteiger partial charge on any atom is 0.142 e. The van der Waals surface area contributed by atoms with Crippen molar-refractivity contribution < 1.29 is 0 Å². The van der Waals surface area contributed by atoms with Crippen molar-refractivity contribution >= 4 is 55.8 Å². The van der Waals surface area contributed by atoms with E-state index in [1.165, 1.54) is 0 Å². The number of nitrogens with zero attached hydrogens (tertiary/aromatic N) is 3. The molecule has 0 radical (unpaired) electrons. The van der Waals surface area contributed by atoms with Crippen molar-refractivity contribution in [2.45, 2.75) is 0 Å². The van der Waals surface area contributed by atoms with Gasteiger partial charge in [-0.15, -0.1) is 0 Å². The zero-order valence-electron chi connectivity index (χ0n) is 13.0. The van der Waals surface area contributed by atoms with E-state index < -0.39 is 0 Å². The summed E-state index contributed by atoms with van der Waals surface area (Å²) in [6.07, 6.45) is 7.24. The third kappa shape index (κ3) is 2.28. The molecule has 0 saturated heterocycles. The van der Waals surface area contributed by atoms with Crippen LogP contribution in [0.15, 0.2) is 61.2 Å². The summed E-state index contributed by atoms with van der Waals surface area (Å²) >= 11 is 5.97. The van der Waals surface area contributed by atoms with E-state index in [0.717, 1.165) is 44.2 Å². The molecule has 5 aromatic rings. The highest BCUT2D eigenvalue weighted by atomic mass is 35.5. The second kappa shape index (κ2) is 5.43. The number of halogens is 1. The Kier molecular flexibility index (Phi) is 3.08. The first kappa shape index (κ1) is 14.2. The van der Waals surface area contributed by atoms with Gasteiger partial charge in [0.2, 0.25) is 0 Å². The number of hydrogen-bond donors (Lipinski definition) is 2. The number of rotatable bonds is 2. The van der Waals surface area contributed by atoms with Crippen LogP contribution in [0.4, 0.5) is 11.5 Å². The minimum absolute atomic E-state index is 0.698. The van der Waals surface area contributed by atoms with Crippen LogP contribution in [-0.4, -0.2) is 19.9 Å². The molecule has 120 valence electrons. The average molecular weight is 346 g/mol. The van der Waals surface area contributed by atoms with Gasteiger partial charge in [-0.2, -0.15) is 0 Å². The van der Waals surface area contributed by atoms with Gasteiger partial charge in [0.15, 0.2) is 0 Å². The summed E-state index contributed by atoms with van der Waals surface area (Å²) in [4.78, 5) is 16.6. The van der Waals surface area contributed by atoms with Crippen LogP contribution in [-0.2, 0) is 0 Å². The Bertz CT molecular complexity index is 1230. The van der Waals surface area contributed by atoms with Crippen LogP contribution in [0.3, 0.4) is 0 Å². The number of aromatic nitrogens is 4. The number of benzene rings is 1. The maximum absolute atomic E-state index is 5.97. The predicted molar refractivity (Wildman–Crippen MR) is 101 cm³/mol. The maximum atomic E-state index is 5.97. The van der Waals surface area contributed by atoms with E-state index in [9.17, 15) is 0 Å². The third-order valence-electron chi connectivity index (χ3n) is 4.26. The van der Waals surface area contributed by atoms with E-state index in [1.807, 2.05) is 48.8 Å². The highest BCUT2D eigenvalue weighted by molar-refractivity contribution is 6.30. The molecule has 0 amide bonds. The SMILES string of the molecule is Clc1ccc(Nc2nc3[nH]c4cnccc4c3c3ccncc23)cc1. The summed E-state index contributed by atoms with van der Waals surface area (Å²) < 4.78 is 0. The third-order valence-corrected chi connectivity index (χ3v) is 4.51. The van der Waals surface area contributed by atoms with E-state index in [4.69, 9.17) is 16.6 Å². The summed E-state index contributed by atoms with van der Waals surface area (Å²) in [5.41, 5.74) is 2.70. The Morgan fingerprint density at radius 3 is 2.44 bits per heavy atom. The van der Waals surface area contributed by atoms with Gasteiger partial charge >= 0.3 is 0 Å². The lowest BCUT2D eigenvalue weighted by atomic mass is 10.1. The van der Waals surface area contributed by atoms with Gasteiger partial charge in [-0.1, -0.05) is 11.6 Å². The molecule has 0 atom stereocenters. The number of aromatic amines is 1. The number of nitrogens with one attached hydrogen (secondary N) is 2. The second-order valence-electron chi connectivity index (χ2n) is 5.78. The summed E-state index contributed by atoms with van der Waals surface area (Å²) in [6.45, 7) is 0. The van der Waals surface area contributed by atoms with Gasteiger partial charge in [0.25, 0.3) is 0 Å². The molecule has 1 aromatic carbocycles. The van der Waals surface area contributed by atoms with Crippen molar-refractivity contribution in [1.82, 2.24) is 19.9 Å². The Labute approximate surface area is 147 Å². The molecule has 2 N–H and O–H groups in total. The van der Waals surface area contributed by atoms with Crippen LogP contribution in [0.25, 0.3) is 32.7 Å². The monoisotopic (exact) mass is 345 g/mol. The number of anilines is 2. The van der Waals surface area contributed by atoms with Crippen LogP contribution in [0, 0.1) is 0 Å². The van der Waals surface area contributed by atoms with Crippen molar-refractivity contribution in [1.29, 1.82) is 0 Å². The number of H-pyrrole nitrogens is 1. The minimum atomic E-state index is 0.698. The molecule has 0 unspecified atom stereocenters. The van der Waals surface area contributed by atoms with Crippen molar-refractivity contribution in [2.24, 2.45) is 0 Å². The lowest BCUT2D eigenvalue weighted by Crippen LogP contribution is -1.96. The van der Waals surface area contributed by atoms with E-state index in [1.54, 1.807) is 12.4 Å². The van der Waals surface area contributed by atoms with E-state index in [-0.39, 0.29) is 0 Å². The summed E-state index contributed by atoms with van der Waals surface area (Å²) in [6, 6.07) is 11.5. The largest absolute Gasteiger partial charge is 0.340 e.